The maximum absolute atomic E-state index is 2.38. The lowest BCUT2D eigenvalue weighted by atomic mass is 10.4. The van der Waals surface area contributed by atoms with E-state index < -0.39 is 8.41 Å². The maximum Gasteiger partial charge on any atom is 0.0440 e. The summed E-state index contributed by atoms with van der Waals surface area (Å²) in [4.78, 5) is 0. The molecule has 0 nitrogen and oxygen atoms in total. The van der Waals surface area contributed by atoms with Crippen molar-refractivity contribution in [1.82, 2.24) is 0 Å². The highest BCUT2D eigenvalue weighted by Gasteiger charge is 2.04. The predicted octanol–water partition coefficient (Wildman–Crippen LogP) is 2.20. The first-order chi connectivity index (χ1) is 5.75. The van der Waals surface area contributed by atoms with Crippen molar-refractivity contribution in [3.05, 3.63) is 30.3 Å². The van der Waals surface area contributed by atoms with Gasteiger partial charge in [0.05, 0.1) is 0 Å². The van der Waals surface area contributed by atoms with Gasteiger partial charge < -0.3 is 0 Å². The van der Waals surface area contributed by atoms with E-state index in [0.29, 0.717) is 0 Å². The Morgan fingerprint density at radius 3 is 2.17 bits per heavy atom. The summed E-state index contributed by atoms with van der Waals surface area (Å²) < 4.78 is 0. The Kier molecular flexibility index (Phi) is 3.41. The summed E-state index contributed by atoms with van der Waals surface area (Å²) in [5, 5.41) is 1.53. The third-order valence-corrected chi connectivity index (χ3v) is 4.91. The smallest absolute Gasteiger partial charge is 0.0440 e. The van der Waals surface area contributed by atoms with Gasteiger partial charge in [-0.2, -0.15) is 0 Å². The Morgan fingerprint density at radius 2 is 1.75 bits per heavy atom. The maximum atomic E-state index is 2.38. The van der Waals surface area contributed by atoms with Gasteiger partial charge in [-0.3, -0.25) is 0 Å². The van der Waals surface area contributed by atoms with Gasteiger partial charge in [0.2, 0.25) is 0 Å². The molecule has 0 bridgehead atoms. The molecule has 0 aromatic heterocycles. The molecule has 0 unspecified atom stereocenters. The summed E-state index contributed by atoms with van der Waals surface area (Å²) in [5.41, 5.74) is 3.17. The van der Waals surface area contributed by atoms with Crippen LogP contribution in [0.25, 0.3) is 0 Å². The van der Waals surface area contributed by atoms with Crippen LogP contribution in [0.1, 0.15) is 20.8 Å². The fourth-order valence-electron chi connectivity index (χ4n) is 1.46. The van der Waals surface area contributed by atoms with Crippen molar-refractivity contribution in [2.75, 3.05) is 0 Å². The molecule has 0 heterocycles. The number of hydrogen-bond donors (Lipinski definition) is 0. The molecule has 1 heteroatoms. The highest BCUT2D eigenvalue weighted by molar-refractivity contribution is 6.79. The fraction of sp³-hybridized carbons (Fsp3) is 0.364. The predicted molar refractivity (Wildman–Crippen MR) is 58.7 cm³/mol. The van der Waals surface area contributed by atoms with E-state index in [-0.39, 0.29) is 0 Å². The average Bonchev–Trinajstić information content (AvgIpc) is 2.07. The van der Waals surface area contributed by atoms with Gasteiger partial charge in [0.15, 0.2) is 0 Å². The van der Waals surface area contributed by atoms with Gasteiger partial charge in [-0.15, -0.1) is 5.67 Å². The van der Waals surface area contributed by atoms with Gasteiger partial charge in [-0.1, -0.05) is 51.1 Å². The van der Waals surface area contributed by atoms with Crippen molar-refractivity contribution in [2.24, 2.45) is 0 Å². The molecular formula is C11H16Si. The minimum Gasteiger partial charge on any atom is -0.102 e. The van der Waals surface area contributed by atoms with Crippen molar-refractivity contribution >= 4 is 19.3 Å². The summed E-state index contributed by atoms with van der Waals surface area (Å²) in [5.74, 6) is 0. The zero-order chi connectivity index (χ0) is 8.97. The molecule has 0 aliphatic heterocycles. The van der Waals surface area contributed by atoms with E-state index in [1.807, 2.05) is 0 Å². The molecule has 0 spiro atoms. The average molecular weight is 176 g/mol. The van der Waals surface area contributed by atoms with Gasteiger partial charge in [0, 0.05) is 8.41 Å². The van der Waals surface area contributed by atoms with E-state index in [1.165, 1.54) is 5.19 Å². The quantitative estimate of drug-likeness (QED) is 0.606. The van der Waals surface area contributed by atoms with Crippen LogP contribution in [0.5, 0.6) is 0 Å². The van der Waals surface area contributed by atoms with Gasteiger partial charge in [-0.05, 0) is 10.7 Å². The molecule has 0 saturated heterocycles. The standard InChI is InChI=1S/C11H16Si/c1-4-12(10(2)3)11-8-6-5-7-9-11/h4-10H,1-3H3. The van der Waals surface area contributed by atoms with E-state index in [0.717, 1.165) is 5.54 Å². The molecule has 64 valence electrons. The Bertz CT molecular complexity index is 260. The highest BCUT2D eigenvalue weighted by atomic mass is 28.2. The minimum absolute atomic E-state index is 0.404. The van der Waals surface area contributed by atoms with Crippen LogP contribution in [0.3, 0.4) is 0 Å². The number of hydrogen-bond acceptors (Lipinski definition) is 0. The molecule has 1 aromatic rings. The van der Waals surface area contributed by atoms with E-state index >= 15 is 0 Å². The van der Waals surface area contributed by atoms with Gasteiger partial charge in [0.1, 0.15) is 0 Å². The molecule has 12 heavy (non-hydrogen) atoms. The second-order valence-electron chi connectivity index (χ2n) is 3.26. The van der Waals surface area contributed by atoms with Crippen LogP contribution in [0.2, 0.25) is 5.54 Å². The molecule has 0 N–H and O–H groups in total. The van der Waals surface area contributed by atoms with E-state index in [9.17, 15) is 0 Å². The monoisotopic (exact) mass is 176 g/mol. The topological polar surface area (TPSA) is 0 Å². The van der Waals surface area contributed by atoms with Crippen LogP contribution in [-0.4, -0.2) is 14.1 Å². The van der Waals surface area contributed by atoms with Crippen LogP contribution in [0.4, 0.5) is 0 Å². The highest BCUT2D eigenvalue weighted by Crippen LogP contribution is 2.01. The van der Waals surface area contributed by atoms with Crippen molar-refractivity contribution in [1.29, 1.82) is 0 Å². The zero-order valence-electron chi connectivity index (χ0n) is 8.04. The fourth-order valence-corrected chi connectivity index (χ4v) is 3.71. The second-order valence-corrected chi connectivity index (χ2v) is 6.48. The second kappa shape index (κ2) is 4.36. The normalized spacial score (nSPS) is 12.2. The molecule has 0 saturated carbocycles. The number of benzene rings is 1. The molecule has 0 aliphatic rings. The van der Waals surface area contributed by atoms with Crippen molar-refractivity contribution in [2.45, 2.75) is 26.3 Å². The molecule has 0 fully saturated rings. The molecule has 0 amide bonds. The number of rotatable bonds is 2. The van der Waals surface area contributed by atoms with Crippen molar-refractivity contribution < 1.29 is 0 Å². The van der Waals surface area contributed by atoms with Crippen molar-refractivity contribution in [3.8, 4) is 0 Å². The zero-order valence-corrected chi connectivity index (χ0v) is 9.04. The third kappa shape index (κ3) is 2.14. The van der Waals surface area contributed by atoms with Crippen LogP contribution in [-0.2, 0) is 0 Å². The van der Waals surface area contributed by atoms with E-state index in [1.54, 1.807) is 0 Å². The first-order valence-electron chi connectivity index (χ1n) is 4.47. The third-order valence-electron chi connectivity index (χ3n) is 2.04. The lowest BCUT2D eigenvalue weighted by Crippen LogP contribution is -2.25. The summed E-state index contributed by atoms with van der Waals surface area (Å²) in [6, 6.07) is 10.8. The molecule has 0 aliphatic carbocycles. The Balaban J connectivity index is 2.97. The van der Waals surface area contributed by atoms with Crippen LogP contribution in [0, 0.1) is 0 Å². The van der Waals surface area contributed by atoms with E-state index in [2.05, 4.69) is 56.8 Å². The van der Waals surface area contributed by atoms with Gasteiger partial charge in [-0.25, -0.2) is 0 Å². The molecular weight excluding hydrogens is 160 g/mol. The molecule has 0 atom stereocenters. The first-order valence-corrected chi connectivity index (χ1v) is 6.12. The Morgan fingerprint density at radius 1 is 1.17 bits per heavy atom. The van der Waals surface area contributed by atoms with Gasteiger partial charge >= 0.3 is 0 Å². The largest absolute Gasteiger partial charge is 0.102 e. The lowest BCUT2D eigenvalue weighted by molar-refractivity contribution is 1.06. The van der Waals surface area contributed by atoms with Gasteiger partial charge in [0.25, 0.3) is 0 Å². The van der Waals surface area contributed by atoms with Crippen LogP contribution < -0.4 is 5.19 Å². The Hall–Kier alpha value is -0.693. The lowest BCUT2D eigenvalue weighted by Gasteiger charge is -2.08. The SMILES string of the molecule is CC=[Si](c1ccccc1)C(C)C. The van der Waals surface area contributed by atoms with Crippen LogP contribution in [0.15, 0.2) is 30.3 Å². The molecule has 1 rings (SSSR count). The summed E-state index contributed by atoms with van der Waals surface area (Å²) in [6.45, 7) is 6.80. The first kappa shape index (κ1) is 9.40. The summed E-state index contributed by atoms with van der Waals surface area (Å²) >= 11 is 0. The summed E-state index contributed by atoms with van der Waals surface area (Å²) in [6.07, 6.45) is 0. The van der Waals surface area contributed by atoms with Crippen molar-refractivity contribution in [3.63, 3.8) is 0 Å². The molecule has 0 radical (unpaired) electrons. The summed E-state index contributed by atoms with van der Waals surface area (Å²) in [7, 11) is -0.404. The van der Waals surface area contributed by atoms with E-state index in [4.69, 9.17) is 0 Å². The minimum atomic E-state index is -0.404. The molecule has 1 aromatic carbocycles. The Labute approximate surface area is 76.5 Å². The van der Waals surface area contributed by atoms with Crippen LogP contribution >= 0.6 is 0 Å².